The summed E-state index contributed by atoms with van der Waals surface area (Å²) in [5.41, 5.74) is 5.48. The first kappa shape index (κ1) is 16.5. The van der Waals surface area contributed by atoms with Gasteiger partial charge < -0.3 is 21.1 Å². The molecule has 0 unspecified atom stereocenters. The van der Waals surface area contributed by atoms with Gasteiger partial charge in [0.05, 0.1) is 11.4 Å². The molecular formula is C15H15N3O4S. The zero-order chi connectivity index (χ0) is 16.7. The molecule has 8 heteroatoms. The Hall–Kier alpha value is -2.87. The lowest BCUT2D eigenvalue weighted by atomic mass is 10.3. The Balaban J connectivity index is 1.84. The minimum atomic E-state index is -0.587. The quantitative estimate of drug-likeness (QED) is 0.701. The molecule has 0 bridgehead atoms. The van der Waals surface area contributed by atoms with Crippen LogP contribution in [0.1, 0.15) is 9.67 Å². The Kier molecular flexibility index (Phi) is 5.70. The number of primary amides is 1. The van der Waals surface area contributed by atoms with E-state index in [4.69, 9.17) is 10.5 Å². The van der Waals surface area contributed by atoms with Crippen LogP contribution in [0.2, 0.25) is 0 Å². The molecule has 0 saturated heterocycles. The third-order valence-electron chi connectivity index (χ3n) is 2.65. The minimum Gasteiger partial charge on any atom is -0.484 e. The van der Waals surface area contributed by atoms with Crippen molar-refractivity contribution in [3.05, 3.63) is 46.7 Å². The smallest absolute Gasteiger partial charge is 0.261 e. The van der Waals surface area contributed by atoms with E-state index in [2.05, 4.69) is 10.6 Å². The maximum atomic E-state index is 11.8. The number of carbonyl (C=O) groups is 3. The van der Waals surface area contributed by atoms with Gasteiger partial charge in [-0.2, -0.15) is 0 Å². The summed E-state index contributed by atoms with van der Waals surface area (Å²) in [5.74, 6) is -0.851. The third-order valence-corrected chi connectivity index (χ3v) is 3.52. The highest BCUT2D eigenvalue weighted by Crippen LogP contribution is 2.17. The lowest BCUT2D eigenvalue weighted by Crippen LogP contribution is -2.32. The van der Waals surface area contributed by atoms with Gasteiger partial charge >= 0.3 is 0 Å². The van der Waals surface area contributed by atoms with Crippen molar-refractivity contribution in [2.24, 2.45) is 5.73 Å². The molecule has 23 heavy (non-hydrogen) atoms. The summed E-state index contributed by atoms with van der Waals surface area (Å²) in [6.07, 6.45) is 0. The topological polar surface area (TPSA) is 111 Å². The van der Waals surface area contributed by atoms with E-state index >= 15 is 0 Å². The zero-order valence-electron chi connectivity index (χ0n) is 12.1. The third kappa shape index (κ3) is 5.44. The first-order valence-corrected chi connectivity index (χ1v) is 7.55. The summed E-state index contributed by atoms with van der Waals surface area (Å²) in [4.78, 5) is 34.8. The Labute approximate surface area is 136 Å². The molecule has 3 amide bonds. The predicted octanol–water partition coefficient (Wildman–Crippen LogP) is 0.981. The number of carbonyl (C=O) groups excluding carboxylic acids is 3. The van der Waals surface area contributed by atoms with E-state index < -0.39 is 5.91 Å². The monoisotopic (exact) mass is 333 g/mol. The number of nitrogens with one attached hydrogen (secondary N) is 2. The van der Waals surface area contributed by atoms with Crippen LogP contribution in [0, 0.1) is 0 Å². The van der Waals surface area contributed by atoms with Crippen molar-refractivity contribution >= 4 is 34.7 Å². The molecule has 120 valence electrons. The summed E-state index contributed by atoms with van der Waals surface area (Å²) < 4.78 is 5.14. The van der Waals surface area contributed by atoms with Gasteiger partial charge in [0.15, 0.2) is 6.61 Å². The number of nitrogens with two attached hydrogens (primary N) is 1. The van der Waals surface area contributed by atoms with Crippen molar-refractivity contribution < 1.29 is 19.1 Å². The van der Waals surface area contributed by atoms with E-state index in [0.717, 1.165) is 0 Å². The molecule has 2 aromatic rings. The fraction of sp³-hybridized carbons (Fsp3) is 0.133. The standard InChI is InChI=1S/C15H15N3O4S/c16-13(19)9-22-11-4-1-3-10(7-11)18-14(20)8-17-15(21)12-5-2-6-23-12/h1-7H,8-9H2,(H2,16,19)(H,17,21)(H,18,20). The van der Waals surface area contributed by atoms with Crippen LogP contribution < -0.4 is 21.1 Å². The SMILES string of the molecule is NC(=O)COc1cccc(NC(=O)CNC(=O)c2cccs2)c1. The van der Waals surface area contributed by atoms with E-state index in [0.29, 0.717) is 16.3 Å². The lowest BCUT2D eigenvalue weighted by molar-refractivity contribution is -0.120. The largest absolute Gasteiger partial charge is 0.484 e. The van der Waals surface area contributed by atoms with Crippen molar-refractivity contribution in [1.29, 1.82) is 0 Å². The van der Waals surface area contributed by atoms with Crippen molar-refractivity contribution in [3.63, 3.8) is 0 Å². The molecule has 2 rings (SSSR count). The van der Waals surface area contributed by atoms with Gasteiger partial charge in [-0.25, -0.2) is 0 Å². The van der Waals surface area contributed by atoms with Gasteiger partial charge in [0.2, 0.25) is 5.91 Å². The van der Waals surface area contributed by atoms with Crippen LogP contribution in [0.15, 0.2) is 41.8 Å². The highest BCUT2D eigenvalue weighted by Gasteiger charge is 2.09. The second kappa shape index (κ2) is 7.95. The first-order chi connectivity index (χ1) is 11.0. The number of hydrogen-bond acceptors (Lipinski definition) is 5. The van der Waals surface area contributed by atoms with Crippen LogP contribution >= 0.6 is 11.3 Å². The Morgan fingerprint density at radius 2 is 2.00 bits per heavy atom. The predicted molar refractivity (Wildman–Crippen MR) is 86.4 cm³/mol. The molecule has 4 N–H and O–H groups in total. The second-order valence-corrected chi connectivity index (χ2v) is 5.44. The lowest BCUT2D eigenvalue weighted by Gasteiger charge is -2.08. The van der Waals surface area contributed by atoms with Crippen LogP contribution in [0.3, 0.4) is 0 Å². The van der Waals surface area contributed by atoms with Gasteiger partial charge in [0, 0.05) is 11.8 Å². The van der Waals surface area contributed by atoms with Gasteiger partial charge in [-0.3, -0.25) is 14.4 Å². The van der Waals surface area contributed by atoms with Gasteiger partial charge in [-0.15, -0.1) is 11.3 Å². The zero-order valence-corrected chi connectivity index (χ0v) is 12.9. The number of thiophene rings is 1. The summed E-state index contributed by atoms with van der Waals surface area (Å²) in [5, 5.41) is 6.94. The fourth-order valence-electron chi connectivity index (χ4n) is 1.68. The molecule has 1 aromatic heterocycles. The van der Waals surface area contributed by atoms with E-state index in [1.165, 1.54) is 11.3 Å². The molecular weight excluding hydrogens is 318 g/mol. The van der Waals surface area contributed by atoms with Crippen LogP contribution in [0.4, 0.5) is 5.69 Å². The summed E-state index contributed by atoms with van der Waals surface area (Å²) in [6, 6.07) is 9.96. The molecule has 1 aromatic carbocycles. The maximum Gasteiger partial charge on any atom is 0.261 e. The van der Waals surface area contributed by atoms with Crippen molar-refractivity contribution in [2.75, 3.05) is 18.5 Å². The first-order valence-electron chi connectivity index (χ1n) is 6.67. The van der Waals surface area contributed by atoms with Crippen molar-refractivity contribution in [1.82, 2.24) is 5.32 Å². The molecule has 0 atom stereocenters. The molecule has 0 aliphatic rings. The molecule has 0 saturated carbocycles. The van der Waals surface area contributed by atoms with Gasteiger partial charge in [0.25, 0.3) is 11.8 Å². The highest BCUT2D eigenvalue weighted by atomic mass is 32.1. The molecule has 0 aliphatic carbocycles. The number of anilines is 1. The van der Waals surface area contributed by atoms with Gasteiger partial charge in [0.1, 0.15) is 5.75 Å². The number of benzene rings is 1. The van der Waals surface area contributed by atoms with Gasteiger partial charge in [-0.1, -0.05) is 12.1 Å². The van der Waals surface area contributed by atoms with Crippen LogP contribution in [-0.2, 0) is 9.59 Å². The highest BCUT2D eigenvalue weighted by molar-refractivity contribution is 7.12. The van der Waals surface area contributed by atoms with E-state index in [1.54, 1.807) is 41.8 Å². The fourth-order valence-corrected chi connectivity index (χ4v) is 2.32. The molecule has 0 radical (unpaired) electrons. The van der Waals surface area contributed by atoms with Crippen LogP contribution in [0.5, 0.6) is 5.75 Å². The van der Waals surface area contributed by atoms with E-state index in [-0.39, 0.29) is 25.0 Å². The maximum absolute atomic E-state index is 11.8. The minimum absolute atomic E-state index is 0.150. The molecule has 1 heterocycles. The van der Waals surface area contributed by atoms with Crippen LogP contribution in [-0.4, -0.2) is 30.9 Å². The molecule has 0 spiro atoms. The molecule has 7 nitrogen and oxygen atoms in total. The van der Waals surface area contributed by atoms with Crippen LogP contribution in [0.25, 0.3) is 0 Å². The van der Waals surface area contributed by atoms with Crippen molar-refractivity contribution in [2.45, 2.75) is 0 Å². The molecule has 0 fully saturated rings. The van der Waals surface area contributed by atoms with E-state index in [9.17, 15) is 14.4 Å². The number of hydrogen-bond donors (Lipinski definition) is 3. The number of ether oxygens (including phenoxy) is 1. The van der Waals surface area contributed by atoms with Gasteiger partial charge in [-0.05, 0) is 23.6 Å². The number of amides is 3. The Bertz CT molecular complexity index is 701. The average molecular weight is 333 g/mol. The molecule has 0 aliphatic heterocycles. The summed E-state index contributed by atoms with van der Waals surface area (Å²) in [7, 11) is 0. The second-order valence-electron chi connectivity index (χ2n) is 4.49. The Morgan fingerprint density at radius 1 is 1.17 bits per heavy atom. The average Bonchev–Trinajstić information content (AvgIpc) is 3.05. The number of rotatable bonds is 7. The van der Waals surface area contributed by atoms with E-state index in [1.807, 2.05) is 0 Å². The summed E-state index contributed by atoms with van der Waals surface area (Å²) >= 11 is 1.30. The summed E-state index contributed by atoms with van der Waals surface area (Å²) in [6.45, 7) is -0.391. The Morgan fingerprint density at radius 3 is 2.70 bits per heavy atom. The normalized spacial score (nSPS) is 9.91. The van der Waals surface area contributed by atoms with Crippen molar-refractivity contribution in [3.8, 4) is 5.75 Å².